The molecule has 4 heteroatoms. The summed E-state index contributed by atoms with van der Waals surface area (Å²) in [6, 6.07) is 0. The first kappa shape index (κ1) is 12.5. The predicted molar refractivity (Wildman–Crippen MR) is 69.3 cm³/mol. The molecule has 0 bridgehead atoms. The maximum Gasteiger partial charge on any atom is 0.134 e. The van der Waals surface area contributed by atoms with Crippen molar-refractivity contribution in [1.29, 1.82) is 0 Å². The van der Waals surface area contributed by atoms with E-state index < -0.39 is 0 Å². The largest absolute Gasteiger partial charge is 0.492 e. The van der Waals surface area contributed by atoms with E-state index in [1.54, 1.807) is 21.6 Å². The molecule has 0 atom stereocenters. The minimum atomic E-state index is 0.820. The first-order valence-electron chi connectivity index (χ1n) is 4.73. The molecule has 0 aromatic heterocycles. The smallest absolute Gasteiger partial charge is 0.134 e. The van der Waals surface area contributed by atoms with Gasteiger partial charge in [0.15, 0.2) is 0 Å². The summed E-state index contributed by atoms with van der Waals surface area (Å²) in [6.45, 7) is 0.820. The monoisotopic (exact) mass is 293 g/mol. The van der Waals surface area contributed by atoms with Gasteiger partial charge in [0.2, 0.25) is 0 Å². The third kappa shape index (κ3) is 6.04. The van der Waals surface area contributed by atoms with Crippen molar-refractivity contribution in [3.05, 3.63) is 22.7 Å². The molecule has 0 unspecified atom stereocenters. The van der Waals surface area contributed by atoms with Crippen molar-refractivity contribution >= 4 is 37.5 Å². The van der Waals surface area contributed by atoms with Crippen molar-refractivity contribution < 1.29 is 4.74 Å². The van der Waals surface area contributed by atoms with Gasteiger partial charge in [-0.2, -0.15) is 0 Å². The minimum absolute atomic E-state index is 0.820. The Balaban J connectivity index is 1.93. The lowest BCUT2D eigenvalue weighted by atomic mass is 10.2. The highest BCUT2D eigenvalue weighted by atomic mass is 79.9. The lowest BCUT2D eigenvalue weighted by Gasteiger charge is -2.07. The lowest BCUT2D eigenvalue weighted by molar-refractivity contribution is 0.215. The van der Waals surface area contributed by atoms with Crippen molar-refractivity contribution in [3.63, 3.8) is 0 Å². The number of hydrogen-bond acceptors (Lipinski definition) is 3. The van der Waals surface area contributed by atoms with Crippen LogP contribution in [0, 0.1) is 6.08 Å². The van der Waals surface area contributed by atoms with Crippen molar-refractivity contribution in [3.8, 4) is 0 Å². The third-order valence-corrected chi connectivity index (χ3v) is 3.85. The Morgan fingerprint density at radius 2 is 2.07 bits per heavy atom. The minimum Gasteiger partial charge on any atom is -0.492 e. The Morgan fingerprint density at radius 3 is 2.79 bits per heavy atom. The topological polar surface area (TPSA) is 9.23 Å². The number of unbranched alkanes of at least 4 members (excludes halogenated alkanes) is 3. The molecule has 1 nitrogen and oxygen atoms in total. The van der Waals surface area contributed by atoms with Gasteiger partial charge in [-0.3, -0.25) is 0 Å². The molecule has 1 heterocycles. The van der Waals surface area contributed by atoms with Gasteiger partial charge in [-0.1, -0.05) is 50.4 Å². The van der Waals surface area contributed by atoms with Crippen LogP contribution in [0.2, 0.25) is 0 Å². The molecular weight excluding hydrogens is 280 g/mol. The summed E-state index contributed by atoms with van der Waals surface area (Å²) < 4.78 is 5.54. The average Bonchev–Trinajstić information content (AvgIpc) is 2.25. The van der Waals surface area contributed by atoms with Gasteiger partial charge in [0.25, 0.3) is 0 Å². The van der Waals surface area contributed by atoms with Crippen LogP contribution in [0.5, 0.6) is 0 Å². The molecule has 14 heavy (non-hydrogen) atoms. The normalized spacial score (nSPS) is 15.4. The average molecular weight is 294 g/mol. The van der Waals surface area contributed by atoms with Crippen LogP contribution >= 0.6 is 37.5 Å². The van der Waals surface area contributed by atoms with Crippen molar-refractivity contribution in [2.45, 2.75) is 25.7 Å². The van der Waals surface area contributed by atoms with E-state index in [1.807, 2.05) is 10.8 Å². The number of hydrogen-bond donors (Lipinski definition) is 0. The molecule has 0 fully saturated rings. The summed E-state index contributed by atoms with van der Waals surface area (Å²) in [5, 5.41) is 5.05. The van der Waals surface area contributed by atoms with Crippen molar-refractivity contribution in [1.82, 2.24) is 0 Å². The fraction of sp³-hybridized carbons (Fsp3) is 0.600. The maximum atomic E-state index is 5.54. The highest BCUT2D eigenvalue weighted by Crippen LogP contribution is 2.30. The molecule has 1 aliphatic rings. The Kier molecular flexibility index (Phi) is 7.82. The van der Waals surface area contributed by atoms with E-state index in [0.29, 0.717) is 0 Å². The van der Waals surface area contributed by atoms with E-state index in [9.17, 15) is 0 Å². The highest BCUT2D eigenvalue weighted by Gasteiger charge is 1.99. The molecular formula is C10H14BrOS2. The van der Waals surface area contributed by atoms with E-state index in [1.165, 1.54) is 19.3 Å². The van der Waals surface area contributed by atoms with Crippen LogP contribution in [-0.4, -0.2) is 11.9 Å². The molecule has 1 rings (SSSR count). The third-order valence-electron chi connectivity index (χ3n) is 1.75. The molecule has 0 saturated heterocycles. The zero-order valence-corrected chi connectivity index (χ0v) is 11.2. The summed E-state index contributed by atoms with van der Waals surface area (Å²) in [5.41, 5.74) is 0. The predicted octanol–water partition coefficient (Wildman–Crippen LogP) is 4.51. The summed E-state index contributed by atoms with van der Waals surface area (Å²) in [4.78, 5) is 0. The summed E-state index contributed by atoms with van der Waals surface area (Å²) >= 11 is 3.42. The van der Waals surface area contributed by atoms with Gasteiger partial charge in [-0.05, 0) is 18.2 Å². The second kappa shape index (κ2) is 8.74. The first-order valence-corrected chi connectivity index (χ1v) is 8.12. The molecule has 1 radical (unpaired) electrons. The molecule has 1 aliphatic heterocycles. The Hall–Kier alpha value is 0.460. The number of halogens is 1. The Bertz CT molecular complexity index is 204. The van der Waals surface area contributed by atoms with Crippen LogP contribution in [0.4, 0.5) is 0 Å². The Morgan fingerprint density at radius 1 is 1.21 bits per heavy atom. The van der Waals surface area contributed by atoms with E-state index in [4.69, 9.17) is 4.74 Å². The van der Waals surface area contributed by atoms with E-state index in [2.05, 4.69) is 22.0 Å². The highest BCUT2D eigenvalue weighted by molar-refractivity contribution is 9.09. The summed E-state index contributed by atoms with van der Waals surface area (Å²) in [6.07, 6.45) is 8.02. The van der Waals surface area contributed by atoms with Gasteiger partial charge in [-0.15, -0.1) is 0 Å². The molecule has 0 aromatic rings. The molecule has 0 aliphatic carbocycles. The summed E-state index contributed by atoms with van der Waals surface area (Å²) in [7, 11) is 3.35. The van der Waals surface area contributed by atoms with Crippen LogP contribution in [0.15, 0.2) is 16.6 Å². The number of allylic oxidation sites excluding steroid dienone is 1. The fourth-order valence-electron chi connectivity index (χ4n) is 1.02. The lowest BCUT2D eigenvalue weighted by Crippen LogP contribution is -1.94. The molecule has 0 saturated carbocycles. The Labute approximate surface area is 102 Å². The second-order valence-electron chi connectivity index (χ2n) is 2.89. The van der Waals surface area contributed by atoms with E-state index in [0.717, 1.165) is 24.1 Å². The number of rotatable bonds is 7. The SMILES string of the molecule is BrCCCCCCOC1=CSSC=[C]1. The molecule has 0 aromatic carbocycles. The van der Waals surface area contributed by atoms with Gasteiger partial charge in [0.1, 0.15) is 5.76 Å². The quantitative estimate of drug-likeness (QED) is 0.388. The molecule has 0 amide bonds. The molecule has 0 N–H and O–H groups in total. The van der Waals surface area contributed by atoms with Crippen LogP contribution in [0.3, 0.4) is 0 Å². The van der Waals surface area contributed by atoms with Crippen LogP contribution in [-0.2, 0) is 4.74 Å². The van der Waals surface area contributed by atoms with Crippen LogP contribution < -0.4 is 0 Å². The zero-order valence-electron chi connectivity index (χ0n) is 8.00. The molecule has 79 valence electrons. The second-order valence-corrected chi connectivity index (χ2v) is 5.69. The number of alkyl halides is 1. The van der Waals surface area contributed by atoms with Crippen molar-refractivity contribution in [2.24, 2.45) is 0 Å². The maximum absolute atomic E-state index is 5.54. The fourth-order valence-corrected chi connectivity index (χ4v) is 2.66. The van der Waals surface area contributed by atoms with E-state index in [-0.39, 0.29) is 0 Å². The standard InChI is InChI=1S/C10H14BrOS2/c11-6-3-1-2-4-7-12-10-5-8-13-14-9-10/h8-9H,1-4,6-7H2. The van der Waals surface area contributed by atoms with Gasteiger partial charge in [0, 0.05) is 16.8 Å². The van der Waals surface area contributed by atoms with Crippen LogP contribution in [0.1, 0.15) is 25.7 Å². The summed E-state index contributed by atoms with van der Waals surface area (Å²) in [5.74, 6) is 0.884. The van der Waals surface area contributed by atoms with Gasteiger partial charge in [0.05, 0.1) is 6.61 Å². The van der Waals surface area contributed by atoms with Crippen molar-refractivity contribution in [2.75, 3.05) is 11.9 Å². The van der Waals surface area contributed by atoms with Gasteiger partial charge < -0.3 is 4.74 Å². The van der Waals surface area contributed by atoms with Crippen LogP contribution in [0.25, 0.3) is 0 Å². The first-order chi connectivity index (χ1) is 6.93. The van der Waals surface area contributed by atoms with Gasteiger partial charge >= 0.3 is 0 Å². The van der Waals surface area contributed by atoms with E-state index >= 15 is 0 Å². The van der Waals surface area contributed by atoms with Gasteiger partial charge in [-0.25, -0.2) is 0 Å². The molecule has 0 spiro atoms. The number of ether oxygens (including phenoxy) is 1. The zero-order chi connectivity index (χ0) is 10.1.